The summed E-state index contributed by atoms with van der Waals surface area (Å²) in [6.45, 7) is 1.37. The minimum absolute atomic E-state index is 0.0246. The Hall–Kier alpha value is -1.57. The molecular weight excluding hydrogens is 242 g/mol. The number of hydrogen-bond acceptors (Lipinski definition) is 3. The van der Waals surface area contributed by atoms with Crippen molar-refractivity contribution in [1.82, 2.24) is 10.2 Å². The molecule has 0 aromatic heterocycles. The summed E-state index contributed by atoms with van der Waals surface area (Å²) in [6.07, 6.45) is 4.65. The number of rotatable bonds is 1. The highest BCUT2D eigenvalue weighted by Crippen LogP contribution is 2.42. The molecule has 0 radical (unpaired) electrons. The third-order valence-corrected chi connectivity index (χ3v) is 4.94. The van der Waals surface area contributed by atoms with Crippen molar-refractivity contribution in [2.45, 2.75) is 44.6 Å². The highest BCUT2D eigenvalue weighted by molar-refractivity contribution is 5.86. The van der Waals surface area contributed by atoms with Crippen LogP contribution < -0.4 is 5.32 Å². The monoisotopic (exact) mass is 261 g/mol. The predicted octanol–water partition coefficient (Wildman–Crippen LogP) is 0.807. The maximum atomic E-state index is 12.5. The van der Waals surface area contributed by atoms with Crippen LogP contribution in [-0.4, -0.2) is 35.8 Å². The number of likely N-dealkylation sites (tertiary alicyclic amines) is 1. The maximum Gasteiger partial charge on any atom is 0.243 e. The predicted molar refractivity (Wildman–Crippen MR) is 67.7 cm³/mol. The Balaban J connectivity index is 1.67. The Morgan fingerprint density at radius 3 is 2.84 bits per heavy atom. The molecule has 3 rings (SSSR count). The van der Waals surface area contributed by atoms with E-state index in [-0.39, 0.29) is 17.9 Å². The second-order valence-corrected chi connectivity index (χ2v) is 6.06. The van der Waals surface area contributed by atoms with Gasteiger partial charge in [0.1, 0.15) is 5.41 Å². The van der Waals surface area contributed by atoms with Crippen LogP contribution in [0.2, 0.25) is 0 Å². The van der Waals surface area contributed by atoms with E-state index in [2.05, 4.69) is 11.4 Å². The number of carbonyl (C=O) groups is 2. The molecule has 0 spiro atoms. The van der Waals surface area contributed by atoms with Crippen LogP contribution in [0.1, 0.15) is 38.5 Å². The second-order valence-electron chi connectivity index (χ2n) is 6.06. The Morgan fingerprint density at radius 2 is 2.21 bits per heavy atom. The average molecular weight is 261 g/mol. The highest BCUT2D eigenvalue weighted by Gasteiger charge is 2.48. The van der Waals surface area contributed by atoms with Gasteiger partial charge in [-0.15, -0.1) is 0 Å². The molecule has 0 aromatic carbocycles. The van der Waals surface area contributed by atoms with Crippen LogP contribution in [0.15, 0.2) is 0 Å². The number of nitrogens with zero attached hydrogens (tertiary/aromatic N) is 2. The van der Waals surface area contributed by atoms with E-state index in [0.717, 1.165) is 19.3 Å². The fourth-order valence-electron chi connectivity index (χ4n) is 3.50. The normalized spacial score (nSPS) is 32.6. The summed E-state index contributed by atoms with van der Waals surface area (Å²) in [5, 5.41) is 12.3. The summed E-state index contributed by atoms with van der Waals surface area (Å²) < 4.78 is 0. The first-order valence-electron chi connectivity index (χ1n) is 7.15. The van der Waals surface area contributed by atoms with E-state index in [1.807, 2.05) is 4.90 Å². The van der Waals surface area contributed by atoms with Gasteiger partial charge in [0, 0.05) is 25.6 Å². The first-order chi connectivity index (χ1) is 9.14. The van der Waals surface area contributed by atoms with Gasteiger partial charge in [-0.3, -0.25) is 9.59 Å². The smallest absolute Gasteiger partial charge is 0.243 e. The van der Waals surface area contributed by atoms with Crippen LogP contribution >= 0.6 is 0 Å². The third kappa shape index (κ3) is 1.99. The van der Waals surface area contributed by atoms with Gasteiger partial charge < -0.3 is 10.2 Å². The van der Waals surface area contributed by atoms with Crippen molar-refractivity contribution < 1.29 is 9.59 Å². The number of fused-ring (bicyclic) bond motifs is 1. The molecule has 2 atom stereocenters. The van der Waals surface area contributed by atoms with Gasteiger partial charge in [0.25, 0.3) is 0 Å². The zero-order chi connectivity index (χ0) is 13.5. The summed E-state index contributed by atoms with van der Waals surface area (Å²) in [6, 6.07) is 2.46. The minimum atomic E-state index is -0.731. The zero-order valence-electron chi connectivity index (χ0n) is 11.0. The molecule has 0 aromatic rings. The Labute approximate surface area is 112 Å². The van der Waals surface area contributed by atoms with Gasteiger partial charge in [0.2, 0.25) is 11.8 Å². The molecule has 2 amide bonds. The molecule has 2 saturated heterocycles. The number of carbonyl (C=O) groups excluding carboxylic acids is 2. The molecule has 19 heavy (non-hydrogen) atoms. The molecule has 3 fully saturated rings. The van der Waals surface area contributed by atoms with Gasteiger partial charge in [-0.25, -0.2) is 0 Å². The van der Waals surface area contributed by atoms with E-state index in [1.54, 1.807) is 0 Å². The van der Waals surface area contributed by atoms with Gasteiger partial charge in [-0.1, -0.05) is 0 Å². The minimum Gasteiger partial charge on any atom is -0.353 e. The van der Waals surface area contributed by atoms with Crippen molar-refractivity contribution in [3.63, 3.8) is 0 Å². The van der Waals surface area contributed by atoms with Gasteiger partial charge in [-0.05, 0) is 38.0 Å². The largest absolute Gasteiger partial charge is 0.353 e. The van der Waals surface area contributed by atoms with Crippen molar-refractivity contribution in [3.05, 3.63) is 0 Å². The van der Waals surface area contributed by atoms with Crippen LogP contribution in [0.5, 0.6) is 0 Å². The van der Waals surface area contributed by atoms with Crippen LogP contribution in [0, 0.1) is 22.7 Å². The van der Waals surface area contributed by atoms with Gasteiger partial charge >= 0.3 is 0 Å². The van der Waals surface area contributed by atoms with Crippen LogP contribution in [0.3, 0.4) is 0 Å². The second kappa shape index (κ2) is 4.52. The van der Waals surface area contributed by atoms with E-state index in [1.165, 1.54) is 0 Å². The lowest BCUT2D eigenvalue weighted by molar-refractivity contribution is -0.146. The molecule has 0 bridgehead atoms. The lowest BCUT2D eigenvalue weighted by Crippen LogP contribution is -2.58. The Bertz CT molecular complexity index is 450. The van der Waals surface area contributed by atoms with Gasteiger partial charge in [-0.2, -0.15) is 5.26 Å². The first kappa shape index (κ1) is 12.5. The molecule has 3 aliphatic rings. The lowest BCUT2D eigenvalue weighted by Gasteiger charge is -2.45. The van der Waals surface area contributed by atoms with Crippen LogP contribution in [0.4, 0.5) is 0 Å². The number of hydrogen-bond donors (Lipinski definition) is 1. The number of piperidine rings is 2. The van der Waals surface area contributed by atoms with Gasteiger partial charge in [0.05, 0.1) is 6.07 Å². The molecule has 1 aliphatic carbocycles. The van der Waals surface area contributed by atoms with Gasteiger partial charge in [0.15, 0.2) is 0 Å². The highest BCUT2D eigenvalue weighted by atomic mass is 16.2. The Morgan fingerprint density at radius 1 is 1.42 bits per heavy atom. The van der Waals surface area contributed by atoms with Crippen molar-refractivity contribution in [1.29, 1.82) is 5.26 Å². The third-order valence-electron chi connectivity index (χ3n) is 4.94. The SMILES string of the molecule is N#CC1(C(=O)N2CCC3NC(=O)CCC3C2)CCC1. The van der Waals surface area contributed by atoms with Crippen molar-refractivity contribution in [3.8, 4) is 6.07 Å². The molecule has 2 unspecified atom stereocenters. The summed E-state index contributed by atoms with van der Waals surface area (Å²) in [4.78, 5) is 25.7. The molecule has 2 aliphatic heterocycles. The van der Waals surface area contributed by atoms with E-state index in [0.29, 0.717) is 38.3 Å². The summed E-state index contributed by atoms with van der Waals surface area (Å²) in [5.41, 5.74) is -0.731. The molecule has 1 saturated carbocycles. The fourth-order valence-corrected chi connectivity index (χ4v) is 3.50. The quantitative estimate of drug-likeness (QED) is 0.759. The molecular formula is C14H19N3O2. The van der Waals surface area contributed by atoms with Crippen molar-refractivity contribution >= 4 is 11.8 Å². The van der Waals surface area contributed by atoms with E-state index < -0.39 is 5.41 Å². The average Bonchev–Trinajstić information content (AvgIpc) is 2.37. The van der Waals surface area contributed by atoms with Crippen molar-refractivity contribution in [2.75, 3.05) is 13.1 Å². The molecule has 5 heteroatoms. The fraction of sp³-hybridized carbons (Fsp3) is 0.786. The molecule has 5 nitrogen and oxygen atoms in total. The summed E-state index contributed by atoms with van der Waals surface area (Å²) in [7, 11) is 0. The standard InChI is InChI=1S/C14H19N3O2/c15-9-14(5-1-6-14)13(19)17-7-4-11-10(8-17)2-3-12(18)16-11/h10-11H,1-8H2,(H,16,18). The Kier molecular flexibility index (Phi) is 2.96. The maximum absolute atomic E-state index is 12.5. The zero-order valence-corrected chi connectivity index (χ0v) is 11.0. The topological polar surface area (TPSA) is 73.2 Å². The summed E-state index contributed by atoms with van der Waals surface area (Å²) in [5.74, 6) is 0.524. The molecule has 102 valence electrons. The van der Waals surface area contributed by atoms with Crippen molar-refractivity contribution in [2.24, 2.45) is 11.3 Å². The lowest BCUT2D eigenvalue weighted by atomic mass is 9.68. The van der Waals surface area contributed by atoms with E-state index in [4.69, 9.17) is 0 Å². The van der Waals surface area contributed by atoms with E-state index in [9.17, 15) is 14.9 Å². The van der Waals surface area contributed by atoms with E-state index >= 15 is 0 Å². The molecule has 2 heterocycles. The summed E-state index contributed by atoms with van der Waals surface area (Å²) >= 11 is 0. The number of nitrogens with one attached hydrogen (secondary N) is 1. The number of amides is 2. The first-order valence-corrected chi connectivity index (χ1v) is 7.15. The van der Waals surface area contributed by atoms with Crippen LogP contribution in [-0.2, 0) is 9.59 Å². The molecule has 1 N–H and O–H groups in total. The number of nitriles is 1. The van der Waals surface area contributed by atoms with Crippen LogP contribution in [0.25, 0.3) is 0 Å².